The first-order chi connectivity index (χ1) is 15.5. The van der Waals surface area contributed by atoms with E-state index in [2.05, 4.69) is 32.7 Å². The van der Waals surface area contributed by atoms with Crippen molar-refractivity contribution in [3.63, 3.8) is 0 Å². The highest BCUT2D eigenvalue weighted by Gasteiger charge is 2.25. The Kier molecular flexibility index (Phi) is 5.98. The maximum absolute atomic E-state index is 14.7. The van der Waals surface area contributed by atoms with E-state index >= 15 is 0 Å². The molecule has 164 valence electrons. The average molecular weight is 434 g/mol. The molecular formula is C23H23FN6O2. The predicted molar refractivity (Wildman–Crippen MR) is 121 cm³/mol. The van der Waals surface area contributed by atoms with Crippen LogP contribution in [0.25, 0.3) is 0 Å². The summed E-state index contributed by atoms with van der Waals surface area (Å²) in [6, 6.07) is 10.9. The van der Waals surface area contributed by atoms with Gasteiger partial charge >= 0.3 is 0 Å². The van der Waals surface area contributed by atoms with Gasteiger partial charge in [-0.25, -0.2) is 14.4 Å². The summed E-state index contributed by atoms with van der Waals surface area (Å²) >= 11 is 0. The summed E-state index contributed by atoms with van der Waals surface area (Å²) in [5, 5.41) is 14.5. The third-order valence-electron chi connectivity index (χ3n) is 5.35. The van der Waals surface area contributed by atoms with Crippen molar-refractivity contribution in [1.29, 1.82) is 5.41 Å². The van der Waals surface area contributed by atoms with Crippen LogP contribution in [0.15, 0.2) is 42.7 Å². The number of anilines is 3. The van der Waals surface area contributed by atoms with Gasteiger partial charge in [0.25, 0.3) is 0 Å². The fourth-order valence-electron chi connectivity index (χ4n) is 3.95. The topological polar surface area (TPSA) is 126 Å². The van der Waals surface area contributed by atoms with E-state index in [1.165, 1.54) is 29.6 Å². The number of hydrogen-bond donors (Lipinski definition) is 4. The predicted octanol–water partition coefficient (Wildman–Crippen LogP) is 3.16. The second-order valence-corrected chi connectivity index (χ2v) is 7.41. The molecule has 2 aromatic carbocycles. The van der Waals surface area contributed by atoms with Crippen LogP contribution in [0.5, 0.6) is 5.75 Å². The molecule has 0 aliphatic heterocycles. The van der Waals surface area contributed by atoms with Gasteiger partial charge in [-0.15, -0.1) is 0 Å². The van der Waals surface area contributed by atoms with E-state index < -0.39 is 5.82 Å². The molecule has 0 radical (unpaired) electrons. The van der Waals surface area contributed by atoms with Crippen LogP contribution in [0.4, 0.5) is 21.7 Å². The molecule has 1 aliphatic rings. The van der Waals surface area contributed by atoms with E-state index in [4.69, 9.17) is 15.9 Å². The molecule has 5 N–H and O–H groups in total. The number of fused-ring (bicyclic) bond motifs is 1. The molecule has 4 rings (SSSR count). The number of nitrogen functional groups attached to an aromatic ring is 1. The molecule has 0 saturated heterocycles. The molecule has 9 heteroatoms. The maximum Gasteiger partial charge on any atom is 0.211 e. The molecule has 1 heterocycles. The van der Waals surface area contributed by atoms with Crippen molar-refractivity contribution in [2.24, 2.45) is 0 Å². The van der Waals surface area contributed by atoms with Crippen LogP contribution in [-0.4, -0.2) is 34.7 Å². The first kappa shape index (κ1) is 21.2. The first-order valence-corrected chi connectivity index (χ1v) is 10.2. The van der Waals surface area contributed by atoms with Crippen LogP contribution in [0.3, 0.4) is 0 Å². The van der Waals surface area contributed by atoms with E-state index in [9.17, 15) is 9.18 Å². The van der Waals surface area contributed by atoms with Crippen molar-refractivity contribution in [3.8, 4) is 5.75 Å². The molecule has 0 spiro atoms. The highest BCUT2D eigenvalue weighted by atomic mass is 19.1. The van der Waals surface area contributed by atoms with Gasteiger partial charge < -0.3 is 21.1 Å². The van der Waals surface area contributed by atoms with Crippen LogP contribution in [0.1, 0.15) is 29.2 Å². The number of nitrogens with one attached hydrogen (secondary N) is 3. The molecule has 8 nitrogen and oxygen atoms in total. The van der Waals surface area contributed by atoms with Crippen molar-refractivity contribution >= 4 is 29.4 Å². The molecule has 32 heavy (non-hydrogen) atoms. The summed E-state index contributed by atoms with van der Waals surface area (Å²) in [5.41, 5.74) is 9.16. The average Bonchev–Trinajstić information content (AvgIpc) is 3.18. The van der Waals surface area contributed by atoms with Crippen molar-refractivity contribution < 1.29 is 13.9 Å². The van der Waals surface area contributed by atoms with Crippen molar-refractivity contribution in [2.75, 3.05) is 23.0 Å². The highest BCUT2D eigenvalue weighted by molar-refractivity contribution is 6.16. The number of carbonyl (C=O) groups excluding carboxylic acids is 1. The first-order valence-electron chi connectivity index (χ1n) is 10.2. The summed E-state index contributed by atoms with van der Waals surface area (Å²) < 4.78 is 20.0. The molecule has 1 aliphatic carbocycles. The van der Waals surface area contributed by atoms with Crippen LogP contribution in [0.2, 0.25) is 0 Å². The molecular weight excluding hydrogens is 411 g/mol. The summed E-state index contributed by atoms with van der Waals surface area (Å²) in [5.74, 6) is -0.285. The second kappa shape index (κ2) is 9.01. The number of rotatable bonds is 8. The lowest BCUT2D eigenvalue weighted by molar-refractivity contribution is -0.105. The summed E-state index contributed by atoms with van der Waals surface area (Å²) in [6.45, 7) is 1.93. The standard InChI is InChI=1S/C23H23FN6O2/c1-2-32-21-17(24)9-15(10-18(21)29-12-31)20(25)19-22(26)27-11-28-23(19)30-16-7-13-5-3-4-6-14(13)8-16/h3-6,9-12,16,25H,2,7-8H2,1H3,(H,29,31)(H3,26,27,28,30). The van der Waals surface area contributed by atoms with Gasteiger partial charge in [0.2, 0.25) is 6.41 Å². The largest absolute Gasteiger partial charge is 0.489 e. The number of carbonyl (C=O) groups is 1. The number of halogens is 1. The Morgan fingerprint density at radius 2 is 2.00 bits per heavy atom. The van der Waals surface area contributed by atoms with Gasteiger partial charge in [-0.05, 0) is 43.0 Å². The van der Waals surface area contributed by atoms with Gasteiger partial charge in [-0.1, -0.05) is 24.3 Å². The lowest BCUT2D eigenvalue weighted by Crippen LogP contribution is -2.23. The molecule has 0 atom stereocenters. The monoisotopic (exact) mass is 434 g/mol. The molecule has 0 unspecified atom stereocenters. The number of amides is 1. The van der Waals surface area contributed by atoms with E-state index in [0.717, 1.165) is 12.8 Å². The Bertz CT molecular complexity index is 1160. The molecule has 1 amide bonds. The van der Waals surface area contributed by atoms with Gasteiger partial charge in [0.1, 0.15) is 18.0 Å². The van der Waals surface area contributed by atoms with Crippen LogP contribution < -0.4 is 21.1 Å². The maximum atomic E-state index is 14.7. The Labute approximate surface area is 184 Å². The van der Waals surface area contributed by atoms with E-state index in [-0.39, 0.29) is 46.7 Å². The van der Waals surface area contributed by atoms with Crippen LogP contribution >= 0.6 is 0 Å². The summed E-state index contributed by atoms with van der Waals surface area (Å²) in [6.07, 6.45) is 3.39. The van der Waals surface area contributed by atoms with Crippen LogP contribution in [-0.2, 0) is 17.6 Å². The van der Waals surface area contributed by atoms with Gasteiger partial charge in [-0.3, -0.25) is 10.2 Å². The quantitative estimate of drug-likeness (QED) is 0.319. The number of hydrogen-bond acceptors (Lipinski definition) is 7. The van der Waals surface area contributed by atoms with E-state index in [1.54, 1.807) is 6.92 Å². The number of benzene rings is 2. The highest BCUT2D eigenvalue weighted by Crippen LogP contribution is 2.32. The molecule has 1 aromatic heterocycles. The number of nitrogens with zero attached hydrogens (tertiary/aromatic N) is 2. The third kappa shape index (κ3) is 4.09. The van der Waals surface area contributed by atoms with Gasteiger partial charge in [0.05, 0.1) is 23.6 Å². The molecule has 0 bridgehead atoms. The van der Waals surface area contributed by atoms with E-state index in [0.29, 0.717) is 12.2 Å². The Morgan fingerprint density at radius 3 is 2.66 bits per heavy atom. The summed E-state index contributed by atoms with van der Waals surface area (Å²) in [7, 11) is 0. The smallest absolute Gasteiger partial charge is 0.211 e. The number of ether oxygens (including phenoxy) is 1. The van der Waals surface area contributed by atoms with Gasteiger partial charge in [-0.2, -0.15) is 0 Å². The Morgan fingerprint density at radius 1 is 1.28 bits per heavy atom. The minimum atomic E-state index is -0.699. The second-order valence-electron chi connectivity index (χ2n) is 7.41. The number of nitrogens with two attached hydrogens (primary N) is 1. The normalized spacial score (nSPS) is 12.8. The zero-order valence-corrected chi connectivity index (χ0v) is 17.5. The minimum Gasteiger partial charge on any atom is -0.489 e. The zero-order chi connectivity index (χ0) is 22.7. The fraction of sp³-hybridized carbons (Fsp3) is 0.217. The Hall–Kier alpha value is -4.01. The molecule has 0 fully saturated rings. The lowest BCUT2D eigenvalue weighted by atomic mass is 10.0. The molecule has 3 aromatic rings. The minimum absolute atomic E-state index is 0.0722. The Balaban J connectivity index is 1.67. The van der Waals surface area contributed by atoms with Crippen molar-refractivity contribution in [2.45, 2.75) is 25.8 Å². The summed E-state index contributed by atoms with van der Waals surface area (Å²) in [4.78, 5) is 19.3. The zero-order valence-electron chi connectivity index (χ0n) is 17.5. The van der Waals surface area contributed by atoms with Crippen molar-refractivity contribution in [3.05, 3.63) is 70.8 Å². The lowest BCUT2D eigenvalue weighted by Gasteiger charge is -2.18. The van der Waals surface area contributed by atoms with Gasteiger partial charge in [0.15, 0.2) is 11.6 Å². The number of aromatic nitrogens is 2. The van der Waals surface area contributed by atoms with Gasteiger partial charge in [0, 0.05) is 11.6 Å². The third-order valence-corrected chi connectivity index (χ3v) is 5.35. The fourth-order valence-corrected chi connectivity index (χ4v) is 3.95. The molecule has 0 saturated carbocycles. The SMILES string of the molecule is CCOc1c(F)cc(C(=N)c2c(N)ncnc2NC2Cc3ccccc3C2)cc1NC=O. The van der Waals surface area contributed by atoms with E-state index in [1.807, 2.05) is 12.1 Å². The van der Waals surface area contributed by atoms with Crippen LogP contribution in [0, 0.1) is 11.2 Å². The van der Waals surface area contributed by atoms with Crippen molar-refractivity contribution in [1.82, 2.24) is 9.97 Å².